The summed E-state index contributed by atoms with van der Waals surface area (Å²) in [4.78, 5) is 32.9. The standard InChI is InChI=1S/C16H12ClN3O2/c1-9(21)13-14-11(8-12(17)18-13)16(22)20(2)15(19-14)10-6-4-3-5-7-10/h3-8H,1-2H3. The van der Waals surface area contributed by atoms with Crippen molar-refractivity contribution in [2.45, 2.75) is 6.92 Å². The van der Waals surface area contributed by atoms with Gasteiger partial charge in [-0.25, -0.2) is 9.97 Å². The van der Waals surface area contributed by atoms with Crippen LogP contribution >= 0.6 is 11.6 Å². The number of carbonyl (C=O) groups excluding carboxylic acids is 1. The van der Waals surface area contributed by atoms with Crippen molar-refractivity contribution in [1.82, 2.24) is 14.5 Å². The molecule has 22 heavy (non-hydrogen) atoms. The molecule has 0 aliphatic rings. The average Bonchev–Trinajstić information content (AvgIpc) is 2.51. The third-order valence-electron chi connectivity index (χ3n) is 3.40. The molecule has 0 unspecified atom stereocenters. The quantitative estimate of drug-likeness (QED) is 0.539. The maximum absolute atomic E-state index is 12.6. The van der Waals surface area contributed by atoms with Gasteiger partial charge in [0.15, 0.2) is 5.78 Å². The number of rotatable bonds is 2. The molecule has 0 spiro atoms. The van der Waals surface area contributed by atoms with Gasteiger partial charge in [0.1, 0.15) is 22.2 Å². The second-order valence-corrected chi connectivity index (χ2v) is 5.30. The summed E-state index contributed by atoms with van der Waals surface area (Å²) in [6, 6.07) is 10.7. The van der Waals surface area contributed by atoms with Crippen LogP contribution in [0.4, 0.5) is 0 Å². The van der Waals surface area contributed by atoms with Crippen LogP contribution in [0.1, 0.15) is 17.4 Å². The minimum atomic E-state index is -0.285. The first-order valence-electron chi connectivity index (χ1n) is 6.62. The average molecular weight is 314 g/mol. The summed E-state index contributed by atoms with van der Waals surface area (Å²) in [5.74, 6) is 0.192. The highest BCUT2D eigenvalue weighted by Crippen LogP contribution is 2.21. The Kier molecular flexibility index (Phi) is 3.50. The van der Waals surface area contributed by atoms with Gasteiger partial charge in [0.05, 0.1) is 5.39 Å². The lowest BCUT2D eigenvalue weighted by atomic mass is 10.1. The van der Waals surface area contributed by atoms with Gasteiger partial charge in [-0.15, -0.1) is 0 Å². The zero-order valence-corrected chi connectivity index (χ0v) is 12.8. The SMILES string of the molecule is CC(=O)c1nc(Cl)cc2c(=O)n(C)c(-c3ccccc3)nc12. The highest BCUT2D eigenvalue weighted by molar-refractivity contribution is 6.30. The number of ketones is 1. The summed E-state index contributed by atoms with van der Waals surface area (Å²) in [5.41, 5.74) is 0.903. The highest BCUT2D eigenvalue weighted by Gasteiger charge is 2.17. The molecule has 3 aromatic rings. The number of nitrogens with zero attached hydrogens (tertiary/aromatic N) is 3. The lowest BCUT2D eigenvalue weighted by Gasteiger charge is -2.11. The summed E-state index contributed by atoms with van der Waals surface area (Å²) in [5, 5.41) is 0.386. The van der Waals surface area contributed by atoms with E-state index in [0.717, 1.165) is 5.56 Å². The molecule has 0 N–H and O–H groups in total. The number of Topliss-reactive ketones (excluding diaryl/α,β-unsaturated/α-hetero) is 1. The van der Waals surface area contributed by atoms with Crippen LogP contribution in [0.25, 0.3) is 22.3 Å². The van der Waals surface area contributed by atoms with E-state index < -0.39 is 0 Å². The fourth-order valence-electron chi connectivity index (χ4n) is 2.33. The zero-order chi connectivity index (χ0) is 15.9. The molecule has 5 nitrogen and oxygen atoms in total. The molecule has 6 heteroatoms. The van der Waals surface area contributed by atoms with Crippen LogP contribution in [0.15, 0.2) is 41.2 Å². The van der Waals surface area contributed by atoms with Crippen LogP contribution in [0.2, 0.25) is 5.15 Å². The van der Waals surface area contributed by atoms with Crippen molar-refractivity contribution >= 4 is 28.3 Å². The van der Waals surface area contributed by atoms with Gasteiger partial charge in [-0.05, 0) is 6.07 Å². The molecule has 0 aliphatic carbocycles. The maximum atomic E-state index is 12.6. The van der Waals surface area contributed by atoms with E-state index in [1.54, 1.807) is 7.05 Å². The molecular formula is C16H12ClN3O2. The summed E-state index contributed by atoms with van der Waals surface area (Å²) in [6.45, 7) is 1.37. The number of halogens is 1. The van der Waals surface area contributed by atoms with E-state index >= 15 is 0 Å². The molecule has 0 fully saturated rings. The third kappa shape index (κ3) is 2.29. The molecule has 0 aliphatic heterocycles. The molecule has 0 saturated heterocycles. The van der Waals surface area contributed by atoms with Gasteiger partial charge in [0.2, 0.25) is 0 Å². The van der Waals surface area contributed by atoms with Crippen LogP contribution < -0.4 is 5.56 Å². The fourth-order valence-corrected chi connectivity index (χ4v) is 2.53. The van der Waals surface area contributed by atoms with Crippen LogP contribution in [-0.2, 0) is 7.05 Å². The predicted molar refractivity (Wildman–Crippen MR) is 85.2 cm³/mol. The fraction of sp³-hybridized carbons (Fsp3) is 0.125. The normalized spacial score (nSPS) is 10.9. The van der Waals surface area contributed by atoms with E-state index in [9.17, 15) is 9.59 Å². The number of benzene rings is 1. The lowest BCUT2D eigenvalue weighted by molar-refractivity contribution is 0.101. The van der Waals surface area contributed by atoms with E-state index in [2.05, 4.69) is 9.97 Å². The Bertz CT molecular complexity index is 949. The first-order valence-corrected chi connectivity index (χ1v) is 7.00. The van der Waals surface area contributed by atoms with E-state index in [-0.39, 0.29) is 33.1 Å². The Labute approximate surface area is 131 Å². The van der Waals surface area contributed by atoms with E-state index in [0.29, 0.717) is 5.82 Å². The van der Waals surface area contributed by atoms with Crippen molar-refractivity contribution in [2.75, 3.05) is 0 Å². The summed E-state index contributed by atoms with van der Waals surface area (Å²) >= 11 is 5.91. The Balaban J connectivity index is 2.46. The van der Waals surface area contributed by atoms with Crippen molar-refractivity contribution in [3.05, 3.63) is 57.6 Å². The molecule has 2 aromatic heterocycles. The number of hydrogen-bond acceptors (Lipinski definition) is 4. The van der Waals surface area contributed by atoms with Gasteiger partial charge in [0, 0.05) is 19.5 Å². The molecule has 2 heterocycles. The van der Waals surface area contributed by atoms with Crippen LogP contribution in [0, 0.1) is 0 Å². The van der Waals surface area contributed by atoms with Crippen LogP contribution in [0.5, 0.6) is 0 Å². The Hall–Kier alpha value is -2.53. The van der Waals surface area contributed by atoms with Gasteiger partial charge in [-0.2, -0.15) is 0 Å². The first-order chi connectivity index (χ1) is 10.5. The summed E-state index contributed by atoms with van der Waals surface area (Å²) < 4.78 is 1.44. The second kappa shape index (κ2) is 5.35. The Morgan fingerprint density at radius 2 is 1.86 bits per heavy atom. The molecule has 0 radical (unpaired) electrons. The number of aromatic nitrogens is 3. The molecular weight excluding hydrogens is 302 g/mol. The van der Waals surface area contributed by atoms with E-state index in [4.69, 9.17) is 11.6 Å². The second-order valence-electron chi connectivity index (χ2n) is 4.91. The van der Waals surface area contributed by atoms with E-state index in [1.165, 1.54) is 17.6 Å². The van der Waals surface area contributed by atoms with Gasteiger partial charge < -0.3 is 0 Å². The maximum Gasteiger partial charge on any atom is 0.261 e. The van der Waals surface area contributed by atoms with E-state index in [1.807, 2.05) is 30.3 Å². The predicted octanol–water partition coefficient (Wildman–Crippen LogP) is 2.85. The molecule has 0 amide bonds. The largest absolute Gasteiger partial charge is 0.295 e. The molecule has 3 rings (SSSR count). The van der Waals surface area contributed by atoms with Crippen LogP contribution in [-0.4, -0.2) is 20.3 Å². The highest BCUT2D eigenvalue weighted by atomic mass is 35.5. The number of pyridine rings is 1. The minimum absolute atomic E-state index is 0.101. The Morgan fingerprint density at radius 1 is 1.18 bits per heavy atom. The topological polar surface area (TPSA) is 64.8 Å². The van der Waals surface area contributed by atoms with Gasteiger partial charge in [-0.1, -0.05) is 41.9 Å². The molecule has 110 valence electrons. The summed E-state index contributed by atoms with van der Waals surface area (Å²) in [7, 11) is 1.64. The monoisotopic (exact) mass is 313 g/mol. The molecule has 1 aromatic carbocycles. The van der Waals surface area contributed by atoms with Gasteiger partial charge in [0.25, 0.3) is 5.56 Å². The minimum Gasteiger partial charge on any atom is -0.295 e. The number of hydrogen-bond donors (Lipinski definition) is 0. The Morgan fingerprint density at radius 3 is 2.50 bits per heavy atom. The van der Waals surface area contributed by atoms with Crippen molar-refractivity contribution in [3.8, 4) is 11.4 Å². The number of carbonyl (C=O) groups is 1. The third-order valence-corrected chi connectivity index (χ3v) is 3.59. The number of fused-ring (bicyclic) bond motifs is 1. The molecule has 0 bridgehead atoms. The zero-order valence-electron chi connectivity index (χ0n) is 12.0. The lowest BCUT2D eigenvalue weighted by Crippen LogP contribution is -2.21. The van der Waals surface area contributed by atoms with Crippen molar-refractivity contribution in [1.29, 1.82) is 0 Å². The van der Waals surface area contributed by atoms with Crippen molar-refractivity contribution < 1.29 is 4.79 Å². The van der Waals surface area contributed by atoms with Gasteiger partial charge >= 0.3 is 0 Å². The van der Waals surface area contributed by atoms with Gasteiger partial charge in [-0.3, -0.25) is 14.2 Å². The van der Waals surface area contributed by atoms with Crippen molar-refractivity contribution in [3.63, 3.8) is 0 Å². The molecule has 0 atom stereocenters. The smallest absolute Gasteiger partial charge is 0.261 e. The first kappa shape index (κ1) is 14.4. The van der Waals surface area contributed by atoms with Crippen molar-refractivity contribution in [2.24, 2.45) is 7.05 Å². The summed E-state index contributed by atoms with van der Waals surface area (Å²) in [6.07, 6.45) is 0. The van der Waals surface area contributed by atoms with Crippen LogP contribution in [0.3, 0.4) is 0 Å². The molecule has 0 saturated carbocycles.